The highest BCUT2D eigenvalue weighted by Crippen LogP contribution is 2.14. The van der Waals surface area contributed by atoms with E-state index >= 15 is 0 Å². The van der Waals surface area contributed by atoms with Gasteiger partial charge >= 0.3 is 0 Å². The molecule has 0 heterocycles. The van der Waals surface area contributed by atoms with Crippen molar-refractivity contribution in [2.75, 3.05) is 0 Å². The number of unbranched alkanes of at least 4 members (excludes halogenated alkanes) is 16. The number of rotatable bonds is 18. The molecule has 0 unspecified atom stereocenters. The lowest BCUT2D eigenvalue weighted by atomic mass is 10.0. The maximum absolute atomic E-state index is 9.96. The van der Waals surface area contributed by atoms with Crippen molar-refractivity contribution in [3.63, 3.8) is 0 Å². The Labute approximate surface area is 145 Å². The Morgan fingerprint density at radius 1 is 0.609 bits per heavy atom. The topological polar surface area (TPSA) is 17.1 Å². The minimum absolute atomic E-state index is 1.09. The van der Waals surface area contributed by atoms with Gasteiger partial charge in [-0.2, -0.15) is 0 Å². The van der Waals surface area contributed by atoms with E-state index in [1.165, 1.54) is 109 Å². The lowest BCUT2D eigenvalue weighted by Gasteiger charge is -2.03. The van der Waals surface area contributed by atoms with Crippen molar-refractivity contribution in [2.24, 2.45) is 0 Å². The molecule has 0 saturated carbocycles. The van der Waals surface area contributed by atoms with Gasteiger partial charge in [-0.1, -0.05) is 115 Å². The summed E-state index contributed by atoms with van der Waals surface area (Å²) in [5.74, 6) is 1.76. The summed E-state index contributed by atoms with van der Waals surface area (Å²) in [4.78, 5) is 9.96. The quantitative estimate of drug-likeness (QED) is 0.144. The van der Waals surface area contributed by atoms with Crippen LogP contribution >= 0.6 is 0 Å². The highest BCUT2D eigenvalue weighted by Gasteiger charge is 1.94. The minimum atomic E-state index is 1.09. The second-order valence-electron chi connectivity index (χ2n) is 6.80. The number of hydrogen-bond donors (Lipinski definition) is 0. The van der Waals surface area contributed by atoms with E-state index in [1.807, 2.05) is 0 Å². The summed E-state index contributed by atoms with van der Waals surface area (Å²) in [5, 5.41) is 0. The lowest BCUT2D eigenvalue weighted by molar-refractivity contribution is 0.530. The third-order valence-electron chi connectivity index (χ3n) is 4.52. The van der Waals surface area contributed by atoms with Crippen LogP contribution in [0.4, 0.5) is 0 Å². The van der Waals surface area contributed by atoms with Gasteiger partial charge in [0.1, 0.15) is 5.94 Å². The van der Waals surface area contributed by atoms with Crippen LogP contribution in [-0.4, -0.2) is 5.94 Å². The summed E-state index contributed by atoms with van der Waals surface area (Å²) < 4.78 is 0. The van der Waals surface area contributed by atoms with Crippen LogP contribution in [0.3, 0.4) is 0 Å². The molecule has 1 heteroatoms. The second-order valence-corrected chi connectivity index (χ2v) is 6.80. The molecule has 134 valence electrons. The van der Waals surface area contributed by atoms with Crippen LogP contribution in [-0.2, 0) is 4.79 Å². The van der Waals surface area contributed by atoms with Gasteiger partial charge in [-0.25, -0.2) is 4.79 Å². The predicted molar refractivity (Wildman–Crippen MR) is 104 cm³/mol. The van der Waals surface area contributed by atoms with Crippen molar-refractivity contribution >= 4 is 5.94 Å². The Morgan fingerprint density at radius 2 is 1.00 bits per heavy atom. The van der Waals surface area contributed by atoms with Crippen LogP contribution in [0.5, 0.6) is 0 Å². The van der Waals surface area contributed by atoms with E-state index in [1.54, 1.807) is 12.0 Å². The average molecular weight is 321 g/mol. The Morgan fingerprint density at radius 3 is 1.39 bits per heavy atom. The van der Waals surface area contributed by atoms with Gasteiger partial charge in [0.25, 0.3) is 0 Å². The predicted octanol–water partition coefficient (Wildman–Crippen LogP) is 7.58. The minimum Gasteiger partial charge on any atom is -0.234 e. The third-order valence-corrected chi connectivity index (χ3v) is 4.52. The van der Waals surface area contributed by atoms with Crippen molar-refractivity contribution in [3.8, 4) is 0 Å². The second kappa shape index (κ2) is 21.2. The molecule has 0 atom stereocenters. The van der Waals surface area contributed by atoms with E-state index < -0.39 is 0 Å². The first kappa shape index (κ1) is 22.2. The molecule has 0 bridgehead atoms. The molecule has 0 aromatic heterocycles. The van der Waals surface area contributed by atoms with Crippen LogP contribution in [0, 0.1) is 0 Å². The molecule has 0 fully saturated rings. The molecule has 0 spiro atoms. The number of hydrogen-bond acceptors (Lipinski definition) is 1. The lowest BCUT2D eigenvalue weighted by Crippen LogP contribution is -1.83. The molecule has 0 amide bonds. The van der Waals surface area contributed by atoms with E-state index in [2.05, 4.69) is 13.0 Å². The highest BCUT2D eigenvalue weighted by molar-refractivity contribution is 5.48. The third kappa shape index (κ3) is 21.2. The smallest absolute Gasteiger partial charge is 0.124 e. The van der Waals surface area contributed by atoms with Crippen LogP contribution in [0.15, 0.2) is 18.2 Å². The van der Waals surface area contributed by atoms with E-state index in [4.69, 9.17) is 0 Å². The molecule has 0 saturated heterocycles. The Bertz CT molecular complexity index is 286. The van der Waals surface area contributed by atoms with Crippen LogP contribution in [0.1, 0.15) is 116 Å². The summed E-state index contributed by atoms with van der Waals surface area (Å²) >= 11 is 0. The molecule has 0 radical (unpaired) electrons. The zero-order valence-electron chi connectivity index (χ0n) is 15.7. The van der Waals surface area contributed by atoms with Gasteiger partial charge in [-0.15, -0.1) is 0 Å². The van der Waals surface area contributed by atoms with Gasteiger partial charge in [-0.05, 0) is 12.8 Å². The van der Waals surface area contributed by atoms with Crippen molar-refractivity contribution in [2.45, 2.75) is 116 Å². The Hall–Kier alpha value is -0.810. The molecular formula is C22H40O. The molecule has 0 aliphatic heterocycles. The summed E-state index contributed by atoms with van der Waals surface area (Å²) in [6.45, 7) is 2.28. The fourth-order valence-corrected chi connectivity index (χ4v) is 3.01. The van der Waals surface area contributed by atoms with Crippen molar-refractivity contribution in [1.29, 1.82) is 0 Å². The van der Waals surface area contributed by atoms with Crippen molar-refractivity contribution < 1.29 is 4.79 Å². The van der Waals surface area contributed by atoms with Gasteiger partial charge in [0.2, 0.25) is 0 Å². The maximum atomic E-state index is 9.96. The molecule has 0 aliphatic carbocycles. The first-order valence-electron chi connectivity index (χ1n) is 10.3. The first-order valence-corrected chi connectivity index (χ1v) is 10.3. The monoisotopic (exact) mass is 320 g/mol. The number of allylic oxidation sites excluding steroid dienone is 3. The van der Waals surface area contributed by atoms with E-state index in [9.17, 15) is 4.79 Å². The van der Waals surface area contributed by atoms with E-state index in [-0.39, 0.29) is 0 Å². The Balaban J connectivity index is 3.01. The number of carbonyl (C=O) groups excluding carboxylic acids is 1. The molecule has 0 aromatic rings. The maximum Gasteiger partial charge on any atom is 0.124 e. The van der Waals surface area contributed by atoms with Gasteiger partial charge in [0.15, 0.2) is 0 Å². The van der Waals surface area contributed by atoms with Gasteiger partial charge < -0.3 is 0 Å². The highest BCUT2D eigenvalue weighted by atomic mass is 16.1. The Kier molecular flexibility index (Phi) is 20.4. The molecule has 23 heavy (non-hydrogen) atoms. The zero-order chi connectivity index (χ0) is 16.8. The standard InChI is InChI=1S/C22H40O/c1-2-3-4-5-6-7-8-9-10-11-12-13-14-15-16-17-18-19-20-21-22-23/h19-21H,2-18H2,1H3. The van der Waals surface area contributed by atoms with Crippen LogP contribution in [0.2, 0.25) is 0 Å². The molecule has 0 aromatic carbocycles. The van der Waals surface area contributed by atoms with Gasteiger partial charge in [0.05, 0.1) is 0 Å². The molecule has 1 nitrogen and oxygen atoms in total. The largest absolute Gasteiger partial charge is 0.234 e. The SMILES string of the molecule is CCCCCCCCCCCCCCCCCCC=CC=C=O. The molecule has 0 aliphatic rings. The summed E-state index contributed by atoms with van der Waals surface area (Å²) in [7, 11) is 0. The summed E-state index contributed by atoms with van der Waals surface area (Å²) in [6, 6.07) is 0. The van der Waals surface area contributed by atoms with Crippen LogP contribution in [0.25, 0.3) is 0 Å². The molecule has 0 rings (SSSR count). The first-order chi connectivity index (χ1) is 11.4. The van der Waals surface area contributed by atoms with Crippen LogP contribution < -0.4 is 0 Å². The summed E-state index contributed by atoms with van der Waals surface area (Å²) in [6.07, 6.45) is 29.0. The average Bonchev–Trinajstić information content (AvgIpc) is 2.57. The van der Waals surface area contributed by atoms with Crippen molar-refractivity contribution in [3.05, 3.63) is 18.2 Å². The van der Waals surface area contributed by atoms with Gasteiger partial charge in [0, 0.05) is 6.08 Å². The summed E-state index contributed by atoms with van der Waals surface area (Å²) in [5.41, 5.74) is 0. The van der Waals surface area contributed by atoms with Crippen molar-refractivity contribution in [1.82, 2.24) is 0 Å². The normalized spacial score (nSPS) is 11.0. The fraction of sp³-hybridized carbons (Fsp3) is 0.818. The van der Waals surface area contributed by atoms with Gasteiger partial charge in [-0.3, -0.25) is 0 Å². The van der Waals surface area contributed by atoms with E-state index in [0.717, 1.165) is 6.42 Å². The van der Waals surface area contributed by atoms with E-state index in [0.29, 0.717) is 0 Å². The fourth-order valence-electron chi connectivity index (χ4n) is 3.01. The molecular weight excluding hydrogens is 280 g/mol. The zero-order valence-corrected chi connectivity index (χ0v) is 15.7. The molecule has 0 N–H and O–H groups in total.